The number of benzene rings is 2. The second-order valence-corrected chi connectivity index (χ2v) is 7.59. The molecule has 1 aliphatic rings. The highest BCUT2D eigenvalue weighted by Crippen LogP contribution is 2.32. The summed E-state index contributed by atoms with van der Waals surface area (Å²) in [4.78, 5) is 18.7. The Labute approximate surface area is 187 Å². The molecule has 7 nitrogen and oxygen atoms in total. The smallest absolute Gasteiger partial charge is 0.260 e. The Morgan fingerprint density at radius 1 is 1.06 bits per heavy atom. The molecule has 0 unspecified atom stereocenters. The third-order valence-corrected chi connectivity index (χ3v) is 5.11. The van der Waals surface area contributed by atoms with E-state index < -0.39 is 11.6 Å². The Balaban J connectivity index is 1.36. The quantitative estimate of drug-likeness (QED) is 0.448. The molecular formula is C24H18F2N4O3. The zero-order valence-electron chi connectivity index (χ0n) is 17.5. The molecule has 0 fully saturated rings. The highest BCUT2D eigenvalue weighted by molar-refractivity contribution is 5.98. The molecule has 9 heteroatoms. The van der Waals surface area contributed by atoms with Crippen LogP contribution in [0.25, 0.3) is 11.3 Å². The van der Waals surface area contributed by atoms with Gasteiger partial charge in [0.05, 0.1) is 17.5 Å². The molecule has 4 aromatic rings. The fourth-order valence-electron chi connectivity index (χ4n) is 3.60. The van der Waals surface area contributed by atoms with Crippen molar-refractivity contribution in [2.75, 3.05) is 6.73 Å². The van der Waals surface area contributed by atoms with Crippen LogP contribution in [0.1, 0.15) is 15.9 Å². The molecule has 1 aliphatic heterocycles. The van der Waals surface area contributed by atoms with E-state index in [-0.39, 0.29) is 19.2 Å². The molecule has 0 saturated carbocycles. The van der Waals surface area contributed by atoms with Crippen molar-refractivity contribution < 1.29 is 23.0 Å². The summed E-state index contributed by atoms with van der Waals surface area (Å²) in [6, 6.07) is 11.6. The molecule has 2 aromatic carbocycles. The molecule has 0 aliphatic carbocycles. The number of aryl methyl sites for hydroxylation is 1. The number of amides is 1. The number of hydrogen-bond acceptors (Lipinski definition) is 5. The number of nitrogens with zero attached hydrogens (tertiary/aromatic N) is 4. The van der Waals surface area contributed by atoms with E-state index in [2.05, 4.69) is 10.1 Å². The number of carbonyl (C=O) groups excluding carboxylic acids is 1. The van der Waals surface area contributed by atoms with E-state index in [1.54, 1.807) is 47.4 Å². The Morgan fingerprint density at radius 2 is 1.85 bits per heavy atom. The first-order valence-corrected chi connectivity index (χ1v) is 10.1. The van der Waals surface area contributed by atoms with Gasteiger partial charge in [-0.15, -0.1) is 0 Å². The van der Waals surface area contributed by atoms with Crippen LogP contribution in [-0.4, -0.2) is 32.3 Å². The van der Waals surface area contributed by atoms with E-state index in [0.29, 0.717) is 34.1 Å². The highest BCUT2D eigenvalue weighted by Gasteiger charge is 2.26. The van der Waals surface area contributed by atoms with Gasteiger partial charge in [-0.25, -0.2) is 8.78 Å². The minimum Gasteiger partial charge on any atom is -0.472 e. The molecule has 1 amide bonds. The average Bonchev–Trinajstić information content (AvgIpc) is 3.22. The second kappa shape index (κ2) is 8.34. The summed E-state index contributed by atoms with van der Waals surface area (Å²) < 4.78 is 40.3. The number of halogens is 2. The van der Waals surface area contributed by atoms with Crippen molar-refractivity contribution in [1.29, 1.82) is 0 Å². The fraction of sp³-hybridized carbons (Fsp3) is 0.125. The Morgan fingerprint density at radius 3 is 2.61 bits per heavy atom. The third kappa shape index (κ3) is 4.38. The maximum absolute atomic E-state index is 13.5. The molecule has 0 saturated heterocycles. The van der Waals surface area contributed by atoms with Crippen molar-refractivity contribution in [3.05, 3.63) is 89.9 Å². The number of hydrogen-bond donors (Lipinski definition) is 0. The average molecular weight is 448 g/mol. The van der Waals surface area contributed by atoms with Gasteiger partial charge in [0.15, 0.2) is 6.73 Å². The van der Waals surface area contributed by atoms with Gasteiger partial charge in [-0.3, -0.25) is 14.5 Å². The number of carbonyl (C=O) groups is 1. The Hall–Kier alpha value is -4.27. The topological polar surface area (TPSA) is 69.5 Å². The molecule has 0 bridgehead atoms. The van der Waals surface area contributed by atoms with Gasteiger partial charge in [-0.2, -0.15) is 5.10 Å². The van der Waals surface area contributed by atoms with Crippen LogP contribution >= 0.6 is 0 Å². The van der Waals surface area contributed by atoms with E-state index >= 15 is 0 Å². The van der Waals surface area contributed by atoms with E-state index in [4.69, 9.17) is 9.47 Å². The van der Waals surface area contributed by atoms with Crippen molar-refractivity contribution in [1.82, 2.24) is 19.7 Å². The molecule has 33 heavy (non-hydrogen) atoms. The van der Waals surface area contributed by atoms with Gasteiger partial charge in [0.1, 0.15) is 28.9 Å². The summed E-state index contributed by atoms with van der Waals surface area (Å²) in [7, 11) is 1.82. The van der Waals surface area contributed by atoms with Gasteiger partial charge in [0.25, 0.3) is 5.91 Å². The fourth-order valence-corrected chi connectivity index (χ4v) is 3.60. The predicted molar refractivity (Wildman–Crippen MR) is 115 cm³/mol. The number of fused-ring (bicyclic) bond motifs is 1. The maximum Gasteiger partial charge on any atom is 0.260 e. The van der Waals surface area contributed by atoms with Gasteiger partial charge in [-0.1, -0.05) is 0 Å². The van der Waals surface area contributed by atoms with Crippen molar-refractivity contribution in [2.24, 2.45) is 7.05 Å². The monoisotopic (exact) mass is 448 g/mol. The first-order chi connectivity index (χ1) is 15.9. The SMILES string of the molecule is Cn1cc(-c2cc(Oc3ccc4c(c3)C(=O)N(Cc3cc(F)cc(F)c3)CO4)ccn2)cn1. The summed E-state index contributed by atoms with van der Waals surface area (Å²) >= 11 is 0. The minimum atomic E-state index is -0.700. The highest BCUT2D eigenvalue weighted by atomic mass is 19.1. The summed E-state index contributed by atoms with van der Waals surface area (Å²) in [6.07, 6.45) is 5.18. The van der Waals surface area contributed by atoms with Crippen LogP contribution in [0, 0.1) is 11.6 Å². The largest absolute Gasteiger partial charge is 0.472 e. The van der Waals surface area contributed by atoms with Gasteiger partial charge < -0.3 is 14.4 Å². The lowest BCUT2D eigenvalue weighted by molar-refractivity contribution is 0.0497. The van der Waals surface area contributed by atoms with E-state index in [0.717, 1.165) is 11.6 Å². The Kier molecular flexibility index (Phi) is 5.21. The lowest BCUT2D eigenvalue weighted by atomic mass is 10.1. The minimum absolute atomic E-state index is 0.0108. The van der Waals surface area contributed by atoms with Crippen LogP contribution in [0.5, 0.6) is 17.2 Å². The summed E-state index contributed by atoms with van der Waals surface area (Å²) in [5.74, 6) is -0.325. The predicted octanol–water partition coefficient (Wildman–Crippen LogP) is 4.54. The van der Waals surface area contributed by atoms with E-state index in [1.165, 1.54) is 17.0 Å². The van der Waals surface area contributed by atoms with Crippen molar-refractivity contribution in [3.8, 4) is 28.5 Å². The molecule has 5 rings (SSSR count). The zero-order valence-corrected chi connectivity index (χ0v) is 17.5. The van der Waals surface area contributed by atoms with Gasteiger partial charge in [0.2, 0.25) is 0 Å². The molecule has 2 aromatic heterocycles. The zero-order chi connectivity index (χ0) is 22.9. The van der Waals surface area contributed by atoms with Crippen LogP contribution in [0.2, 0.25) is 0 Å². The molecule has 166 valence electrons. The maximum atomic E-state index is 13.5. The van der Waals surface area contributed by atoms with Crippen LogP contribution < -0.4 is 9.47 Å². The van der Waals surface area contributed by atoms with Crippen LogP contribution in [0.4, 0.5) is 8.78 Å². The molecule has 0 spiro atoms. The first-order valence-electron chi connectivity index (χ1n) is 10.1. The lowest BCUT2D eigenvalue weighted by Crippen LogP contribution is -2.38. The summed E-state index contributed by atoms with van der Waals surface area (Å²) in [5.41, 5.74) is 2.19. The number of ether oxygens (including phenoxy) is 2. The summed E-state index contributed by atoms with van der Waals surface area (Å²) in [6.45, 7) is -0.0140. The van der Waals surface area contributed by atoms with Crippen LogP contribution in [0.3, 0.4) is 0 Å². The van der Waals surface area contributed by atoms with Gasteiger partial charge >= 0.3 is 0 Å². The molecule has 0 N–H and O–H groups in total. The lowest BCUT2D eigenvalue weighted by Gasteiger charge is -2.29. The number of aromatic nitrogens is 3. The molecular weight excluding hydrogens is 430 g/mol. The standard InChI is InChI=1S/C24H18F2N4O3/c1-29-13-16(11-28-29)22-10-20(4-5-27-22)33-19-2-3-23-21(9-19)24(31)30(14-32-23)12-15-6-17(25)8-18(26)7-15/h2-11,13H,12,14H2,1H3. The van der Waals surface area contributed by atoms with E-state index in [1.807, 2.05) is 13.2 Å². The van der Waals surface area contributed by atoms with E-state index in [9.17, 15) is 13.6 Å². The second-order valence-electron chi connectivity index (χ2n) is 7.59. The molecule has 0 atom stereocenters. The van der Waals surface area contributed by atoms with Gasteiger partial charge in [0, 0.05) is 43.7 Å². The summed E-state index contributed by atoms with van der Waals surface area (Å²) in [5, 5.41) is 4.15. The normalized spacial score (nSPS) is 12.9. The van der Waals surface area contributed by atoms with Crippen LogP contribution in [0.15, 0.2) is 67.1 Å². The van der Waals surface area contributed by atoms with Gasteiger partial charge in [-0.05, 0) is 42.0 Å². The van der Waals surface area contributed by atoms with Crippen molar-refractivity contribution in [2.45, 2.75) is 6.54 Å². The van der Waals surface area contributed by atoms with Crippen molar-refractivity contribution >= 4 is 5.91 Å². The molecule has 0 radical (unpaired) electrons. The molecule has 3 heterocycles. The number of rotatable bonds is 5. The van der Waals surface area contributed by atoms with Crippen molar-refractivity contribution in [3.63, 3.8) is 0 Å². The third-order valence-electron chi connectivity index (χ3n) is 5.11. The first kappa shape index (κ1) is 20.6. The Bertz CT molecular complexity index is 1340. The number of pyridine rings is 1. The van der Waals surface area contributed by atoms with Crippen LogP contribution in [-0.2, 0) is 13.6 Å².